The smallest absolute Gasteiger partial charge is 0.270 e. The Kier molecular flexibility index (Phi) is 5.54. The Hall–Kier alpha value is -0.940. The molecule has 110 valence electrons. The molecule has 0 bridgehead atoms. The highest BCUT2D eigenvalue weighted by Gasteiger charge is 2.19. The molecule has 20 heavy (non-hydrogen) atoms. The third-order valence-electron chi connectivity index (χ3n) is 4.14. The molecule has 1 aromatic rings. The van der Waals surface area contributed by atoms with Gasteiger partial charge in [0.05, 0.1) is 4.92 Å². The Bertz CT molecular complexity index is 473. The minimum atomic E-state index is -0.348. The van der Waals surface area contributed by atoms with Gasteiger partial charge in [0.1, 0.15) is 0 Å². The lowest BCUT2D eigenvalue weighted by Crippen LogP contribution is -2.34. The molecule has 0 radical (unpaired) electrons. The molecule has 0 heterocycles. The van der Waals surface area contributed by atoms with Gasteiger partial charge in [-0.25, -0.2) is 0 Å². The monoisotopic (exact) mass is 340 g/mol. The normalized spacial score (nSPS) is 17.9. The van der Waals surface area contributed by atoms with Crippen LogP contribution in [0.4, 0.5) is 5.69 Å². The molecule has 1 aliphatic rings. The van der Waals surface area contributed by atoms with Crippen molar-refractivity contribution in [3.63, 3.8) is 0 Å². The van der Waals surface area contributed by atoms with Crippen LogP contribution in [0.1, 0.15) is 44.6 Å². The molecule has 0 saturated heterocycles. The van der Waals surface area contributed by atoms with E-state index in [0.29, 0.717) is 12.6 Å². The van der Waals surface area contributed by atoms with Gasteiger partial charge in [0, 0.05) is 29.2 Å². The summed E-state index contributed by atoms with van der Waals surface area (Å²) in [5.74, 6) is 0.742. The van der Waals surface area contributed by atoms with Crippen LogP contribution < -0.4 is 5.32 Å². The van der Waals surface area contributed by atoms with E-state index < -0.39 is 0 Å². The van der Waals surface area contributed by atoms with Gasteiger partial charge in [0.15, 0.2) is 0 Å². The second-order valence-electron chi connectivity index (χ2n) is 5.64. The predicted octanol–water partition coefficient (Wildman–Crippen LogP) is 4.42. The average Bonchev–Trinajstić information content (AvgIpc) is 2.45. The molecule has 4 nitrogen and oxygen atoms in total. The van der Waals surface area contributed by atoms with Crippen LogP contribution in [-0.4, -0.2) is 11.0 Å². The lowest BCUT2D eigenvalue weighted by molar-refractivity contribution is -0.385. The minimum absolute atomic E-state index is 0.140. The molecular formula is C15H21BrN2O2. The van der Waals surface area contributed by atoms with Crippen LogP contribution in [0.25, 0.3) is 0 Å². The number of nitrogens with zero attached hydrogens (tertiary/aromatic N) is 1. The fraction of sp³-hybridized carbons (Fsp3) is 0.600. The summed E-state index contributed by atoms with van der Waals surface area (Å²) < 4.78 is 0.758. The molecule has 1 aliphatic carbocycles. The van der Waals surface area contributed by atoms with E-state index in [4.69, 9.17) is 0 Å². The molecule has 1 aromatic carbocycles. The Morgan fingerprint density at radius 2 is 2.05 bits per heavy atom. The minimum Gasteiger partial charge on any atom is -0.310 e. The standard InChI is InChI=1S/C15H21BrN2O2/c1-11(13-5-3-2-4-6-13)17-10-12-7-14(16)9-15(8-12)18(19)20/h7-9,11,13,17H,2-6,10H2,1H3/t11-/m1/s1. The van der Waals surface area contributed by atoms with Crippen LogP contribution in [0.15, 0.2) is 22.7 Å². The van der Waals surface area contributed by atoms with Gasteiger partial charge >= 0.3 is 0 Å². The number of nitro benzene ring substituents is 1. The third kappa shape index (κ3) is 4.28. The summed E-state index contributed by atoms with van der Waals surface area (Å²) in [6, 6.07) is 5.58. The van der Waals surface area contributed by atoms with E-state index >= 15 is 0 Å². The Morgan fingerprint density at radius 1 is 1.35 bits per heavy atom. The lowest BCUT2D eigenvalue weighted by atomic mass is 9.84. The molecule has 0 aliphatic heterocycles. The van der Waals surface area contributed by atoms with Crippen LogP contribution in [0, 0.1) is 16.0 Å². The molecule has 5 heteroatoms. The predicted molar refractivity (Wildman–Crippen MR) is 83.7 cm³/mol. The van der Waals surface area contributed by atoms with Crippen molar-refractivity contribution in [3.8, 4) is 0 Å². The Morgan fingerprint density at radius 3 is 2.70 bits per heavy atom. The summed E-state index contributed by atoms with van der Waals surface area (Å²) >= 11 is 3.33. The van der Waals surface area contributed by atoms with Crippen molar-refractivity contribution in [1.29, 1.82) is 0 Å². The molecule has 0 spiro atoms. The Labute approximate surface area is 128 Å². The molecule has 1 N–H and O–H groups in total. The molecule has 0 aromatic heterocycles. The SMILES string of the molecule is C[C@@H](NCc1cc(Br)cc([N+](=O)[O-])c1)C1CCCCC1. The molecule has 1 saturated carbocycles. The van der Waals surface area contributed by atoms with E-state index in [1.165, 1.54) is 38.2 Å². The fourth-order valence-electron chi connectivity index (χ4n) is 2.92. The number of nitrogens with one attached hydrogen (secondary N) is 1. The molecule has 0 amide bonds. The summed E-state index contributed by atoms with van der Waals surface area (Å²) in [4.78, 5) is 10.5. The average molecular weight is 341 g/mol. The summed E-state index contributed by atoms with van der Waals surface area (Å²) in [6.45, 7) is 2.90. The van der Waals surface area contributed by atoms with Crippen LogP contribution >= 0.6 is 15.9 Å². The van der Waals surface area contributed by atoms with Crippen molar-refractivity contribution < 1.29 is 4.92 Å². The lowest BCUT2D eigenvalue weighted by Gasteiger charge is -2.28. The zero-order valence-corrected chi connectivity index (χ0v) is 13.4. The van der Waals surface area contributed by atoms with Crippen molar-refractivity contribution in [1.82, 2.24) is 5.32 Å². The first-order chi connectivity index (χ1) is 9.56. The second-order valence-corrected chi connectivity index (χ2v) is 6.56. The molecule has 0 unspecified atom stereocenters. The van der Waals surface area contributed by atoms with Gasteiger partial charge in [-0.1, -0.05) is 35.2 Å². The van der Waals surface area contributed by atoms with Gasteiger partial charge < -0.3 is 5.32 Å². The first-order valence-electron chi connectivity index (χ1n) is 7.23. The first-order valence-corrected chi connectivity index (χ1v) is 8.03. The van der Waals surface area contributed by atoms with Gasteiger partial charge in [0.2, 0.25) is 0 Å². The van der Waals surface area contributed by atoms with Gasteiger partial charge in [-0.15, -0.1) is 0 Å². The maximum absolute atomic E-state index is 10.9. The van der Waals surface area contributed by atoms with E-state index in [1.807, 2.05) is 6.07 Å². The zero-order chi connectivity index (χ0) is 14.5. The largest absolute Gasteiger partial charge is 0.310 e. The van der Waals surface area contributed by atoms with E-state index in [2.05, 4.69) is 28.2 Å². The first kappa shape index (κ1) is 15.4. The summed E-state index contributed by atoms with van der Waals surface area (Å²) in [5, 5.41) is 14.4. The van der Waals surface area contributed by atoms with E-state index in [9.17, 15) is 10.1 Å². The highest BCUT2D eigenvalue weighted by atomic mass is 79.9. The number of benzene rings is 1. The van der Waals surface area contributed by atoms with Crippen LogP contribution in [-0.2, 0) is 6.54 Å². The molecule has 1 atom stereocenters. The van der Waals surface area contributed by atoms with Gasteiger partial charge in [-0.05, 0) is 37.3 Å². The summed E-state index contributed by atoms with van der Waals surface area (Å²) in [5.41, 5.74) is 1.09. The third-order valence-corrected chi connectivity index (χ3v) is 4.60. The topological polar surface area (TPSA) is 55.2 Å². The number of non-ortho nitro benzene ring substituents is 1. The van der Waals surface area contributed by atoms with E-state index in [1.54, 1.807) is 6.07 Å². The van der Waals surface area contributed by atoms with E-state index in [-0.39, 0.29) is 10.6 Å². The quantitative estimate of drug-likeness (QED) is 0.637. The second kappa shape index (κ2) is 7.18. The van der Waals surface area contributed by atoms with Gasteiger partial charge in [-0.2, -0.15) is 0 Å². The van der Waals surface area contributed by atoms with Gasteiger partial charge in [-0.3, -0.25) is 10.1 Å². The number of rotatable bonds is 5. The van der Waals surface area contributed by atoms with Crippen LogP contribution in [0.3, 0.4) is 0 Å². The number of halogens is 1. The van der Waals surface area contributed by atoms with Crippen LogP contribution in [0.5, 0.6) is 0 Å². The maximum Gasteiger partial charge on any atom is 0.270 e. The zero-order valence-electron chi connectivity index (χ0n) is 11.8. The highest BCUT2D eigenvalue weighted by Crippen LogP contribution is 2.27. The van der Waals surface area contributed by atoms with Crippen molar-refractivity contribution in [2.75, 3.05) is 0 Å². The molecule has 1 fully saturated rings. The summed E-state index contributed by atoms with van der Waals surface area (Å²) in [7, 11) is 0. The number of hydrogen-bond acceptors (Lipinski definition) is 3. The van der Waals surface area contributed by atoms with Crippen molar-refractivity contribution in [2.24, 2.45) is 5.92 Å². The number of nitro groups is 1. The van der Waals surface area contributed by atoms with E-state index in [0.717, 1.165) is 16.0 Å². The van der Waals surface area contributed by atoms with Crippen molar-refractivity contribution >= 4 is 21.6 Å². The number of hydrogen-bond donors (Lipinski definition) is 1. The van der Waals surface area contributed by atoms with Crippen molar-refractivity contribution in [2.45, 2.75) is 51.6 Å². The van der Waals surface area contributed by atoms with Crippen molar-refractivity contribution in [3.05, 3.63) is 38.3 Å². The van der Waals surface area contributed by atoms with Crippen LogP contribution in [0.2, 0.25) is 0 Å². The fourth-order valence-corrected chi connectivity index (χ4v) is 3.45. The maximum atomic E-state index is 10.9. The Balaban J connectivity index is 1.94. The summed E-state index contributed by atoms with van der Waals surface area (Å²) in [6.07, 6.45) is 6.62. The molecule has 2 rings (SSSR count). The van der Waals surface area contributed by atoms with Gasteiger partial charge in [0.25, 0.3) is 5.69 Å². The molecular weight excluding hydrogens is 320 g/mol. The highest BCUT2D eigenvalue weighted by molar-refractivity contribution is 9.10.